The number of carbonyl (C=O) groups excluding carboxylic acids is 1. The Morgan fingerprint density at radius 3 is 2.58 bits per heavy atom. The van der Waals surface area contributed by atoms with Crippen LogP contribution in [-0.2, 0) is 17.7 Å². The maximum Gasteiger partial charge on any atom is 0.410 e. The van der Waals surface area contributed by atoms with E-state index in [2.05, 4.69) is 20.9 Å². The number of benzene rings is 1. The lowest BCUT2D eigenvalue weighted by Crippen LogP contribution is -2.42. The van der Waals surface area contributed by atoms with Gasteiger partial charge in [0.25, 0.3) is 5.69 Å². The summed E-state index contributed by atoms with van der Waals surface area (Å²) < 4.78 is 25.0. The number of aromatic nitrogens is 1. The van der Waals surface area contributed by atoms with Gasteiger partial charge in [0.1, 0.15) is 17.1 Å². The number of ether oxygens (including phenoxy) is 2. The monoisotopic (exact) mass is 497 g/mol. The highest BCUT2D eigenvalue weighted by atomic mass is 79.9. The number of methoxy groups -OCH3 is 1. The second-order valence-electron chi connectivity index (χ2n) is 7.97. The van der Waals surface area contributed by atoms with Gasteiger partial charge >= 0.3 is 6.09 Å². The maximum atomic E-state index is 13.8. The van der Waals surface area contributed by atoms with Crippen LogP contribution in [0.4, 0.5) is 14.9 Å². The van der Waals surface area contributed by atoms with Crippen LogP contribution in [0, 0.1) is 15.9 Å². The van der Waals surface area contributed by atoms with E-state index < -0.39 is 28.5 Å². The summed E-state index contributed by atoms with van der Waals surface area (Å²) in [5.41, 5.74) is -0.229. The van der Waals surface area contributed by atoms with E-state index in [4.69, 9.17) is 9.47 Å². The van der Waals surface area contributed by atoms with E-state index >= 15 is 0 Å². The van der Waals surface area contributed by atoms with Crippen LogP contribution in [0.15, 0.2) is 34.8 Å². The number of hydrogen-bond donors (Lipinski definition) is 0. The van der Waals surface area contributed by atoms with Gasteiger partial charge < -0.3 is 14.4 Å². The molecule has 0 bridgehead atoms. The van der Waals surface area contributed by atoms with Crippen molar-refractivity contribution in [2.24, 2.45) is 0 Å². The molecule has 168 valence electrons. The molecule has 0 N–H and O–H groups in total. The van der Waals surface area contributed by atoms with Crippen molar-refractivity contribution in [1.82, 2.24) is 9.88 Å². The molecule has 1 atom stereocenters. The Morgan fingerprint density at radius 1 is 1.32 bits per heavy atom. The smallest absolute Gasteiger partial charge is 0.410 e. The average molecular weight is 498 g/mol. The highest BCUT2D eigenvalue weighted by Gasteiger charge is 2.29. The van der Waals surface area contributed by atoms with Crippen LogP contribution in [0.1, 0.15) is 39.0 Å². The Balaban J connectivity index is 2.40. The summed E-state index contributed by atoms with van der Waals surface area (Å²) in [5.74, 6) is -0.218. The summed E-state index contributed by atoms with van der Waals surface area (Å²) in [6.07, 6.45) is -0.554. The SMILES string of the molecule is COc1ccc([N+](=O)[O-])c(CC(C)N(Cc2cc(F)ccc2Br)C(=O)OC(C)(C)C)n1. The molecule has 0 radical (unpaired) electrons. The molecular formula is C21H25BrFN3O5. The van der Waals surface area contributed by atoms with Crippen LogP contribution >= 0.6 is 15.9 Å². The molecule has 0 spiro atoms. The number of rotatable bonds is 7. The van der Waals surface area contributed by atoms with Crippen molar-refractivity contribution >= 4 is 27.7 Å². The van der Waals surface area contributed by atoms with E-state index in [0.717, 1.165) is 0 Å². The number of nitro groups is 1. The van der Waals surface area contributed by atoms with Gasteiger partial charge in [0.05, 0.1) is 18.6 Å². The zero-order chi connectivity index (χ0) is 23.3. The minimum Gasteiger partial charge on any atom is -0.481 e. The molecule has 0 aliphatic rings. The summed E-state index contributed by atoms with van der Waals surface area (Å²) in [6.45, 7) is 6.97. The third-order valence-electron chi connectivity index (χ3n) is 4.33. The average Bonchev–Trinajstić information content (AvgIpc) is 2.66. The molecular weight excluding hydrogens is 473 g/mol. The van der Waals surface area contributed by atoms with Gasteiger partial charge in [0, 0.05) is 29.1 Å². The summed E-state index contributed by atoms with van der Waals surface area (Å²) >= 11 is 3.37. The molecule has 1 amide bonds. The molecule has 0 fully saturated rings. The predicted octanol–water partition coefficient (Wildman–Crippen LogP) is 5.27. The van der Waals surface area contributed by atoms with Crippen molar-refractivity contribution in [1.29, 1.82) is 0 Å². The Kier molecular flexibility index (Phi) is 7.94. The van der Waals surface area contributed by atoms with Crippen molar-refractivity contribution in [3.05, 3.63) is 62.0 Å². The van der Waals surface area contributed by atoms with Crippen molar-refractivity contribution in [2.75, 3.05) is 7.11 Å². The number of hydrogen-bond acceptors (Lipinski definition) is 6. The molecule has 2 aromatic rings. The lowest BCUT2D eigenvalue weighted by Gasteiger charge is -2.32. The first kappa shape index (κ1) is 24.5. The second-order valence-corrected chi connectivity index (χ2v) is 8.83. The van der Waals surface area contributed by atoms with Crippen LogP contribution in [0.3, 0.4) is 0 Å². The Labute approximate surface area is 188 Å². The summed E-state index contributed by atoms with van der Waals surface area (Å²) in [7, 11) is 1.41. The second kappa shape index (κ2) is 10.0. The number of nitrogens with zero attached hydrogens (tertiary/aromatic N) is 3. The molecule has 31 heavy (non-hydrogen) atoms. The Hall–Kier alpha value is -2.75. The normalized spacial score (nSPS) is 12.2. The number of pyridine rings is 1. The molecule has 1 heterocycles. The van der Waals surface area contributed by atoms with Crippen LogP contribution in [0.5, 0.6) is 5.88 Å². The zero-order valence-corrected chi connectivity index (χ0v) is 19.6. The molecule has 1 unspecified atom stereocenters. The highest BCUT2D eigenvalue weighted by Crippen LogP contribution is 2.26. The molecule has 0 saturated heterocycles. The number of carbonyl (C=O) groups is 1. The van der Waals surface area contributed by atoms with Crippen LogP contribution in [0.2, 0.25) is 0 Å². The van der Waals surface area contributed by atoms with Crippen molar-refractivity contribution in [3.63, 3.8) is 0 Å². The molecule has 10 heteroatoms. The standard InChI is InChI=1S/C21H25BrFN3O5/c1-13(10-17-18(26(28)29)8-9-19(24-17)30-5)25(20(27)31-21(2,3)4)12-14-11-15(23)6-7-16(14)22/h6-9,11,13H,10,12H2,1-5H3. The van der Waals surface area contributed by atoms with Gasteiger partial charge in [-0.3, -0.25) is 10.1 Å². The van der Waals surface area contributed by atoms with Crippen molar-refractivity contribution in [3.8, 4) is 5.88 Å². The Morgan fingerprint density at radius 2 is 2.00 bits per heavy atom. The van der Waals surface area contributed by atoms with Crippen molar-refractivity contribution in [2.45, 2.75) is 52.3 Å². The maximum absolute atomic E-state index is 13.8. The van der Waals surface area contributed by atoms with Gasteiger partial charge in [-0.1, -0.05) is 15.9 Å². The fraction of sp³-hybridized carbons (Fsp3) is 0.429. The van der Waals surface area contributed by atoms with Gasteiger partial charge in [0.15, 0.2) is 0 Å². The summed E-state index contributed by atoms with van der Waals surface area (Å²) in [6, 6.07) is 6.34. The van der Waals surface area contributed by atoms with Crippen LogP contribution < -0.4 is 4.74 Å². The third-order valence-corrected chi connectivity index (χ3v) is 5.10. The summed E-state index contributed by atoms with van der Waals surface area (Å²) in [5, 5.41) is 11.4. The first-order chi connectivity index (χ1) is 14.4. The molecule has 1 aromatic carbocycles. The number of amides is 1. The van der Waals surface area contributed by atoms with Gasteiger partial charge in [-0.25, -0.2) is 14.2 Å². The van der Waals surface area contributed by atoms with E-state index in [1.807, 2.05) is 0 Å². The third kappa shape index (κ3) is 6.88. The topological polar surface area (TPSA) is 94.8 Å². The lowest BCUT2D eigenvalue weighted by atomic mass is 10.1. The minimum absolute atomic E-state index is 0.0339. The van der Waals surface area contributed by atoms with E-state index in [-0.39, 0.29) is 30.2 Å². The highest BCUT2D eigenvalue weighted by molar-refractivity contribution is 9.10. The first-order valence-corrected chi connectivity index (χ1v) is 10.3. The quantitative estimate of drug-likeness (QED) is 0.382. The van der Waals surface area contributed by atoms with Gasteiger partial charge in [0.2, 0.25) is 5.88 Å². The van der Waals surface area contributed by atoms with E-state index in [9.17, 15) is 19.3 Å². The predicted molar refractivity (Wildman–Crippen MR) is 116 cm³/mol. The first-order valence-electron chi connectivity index (χ1n) is 9.53. The van der Waals surface area contributed by atoms with Crippen molar-refractivity contribution < 1.29 is 23.6 Å². The lowest BCUT2D eigenvalue weighted by molar-refractivity contribution is -0.386. The molecule has 0 aliphatic heterocycles. The molecule has 2 rings (SSSR count). The molecule has 1 aromatic heterocycles. The number of halogens is 2. The van der Waals surface area contributed by atoms with Crippen LogP contribution in [0.25, 0.3) is 0 Å². The van der Waals surface area contributed by atoms with Gasteiger partial charge in [-0.2, -0.15) is 0 Å². The minimum atomic E-state index is -0.756. The fourth-order valence-corrected chi connectivity index (χ4v) is 3.24. The largest absolute Gasteiger partial charge is 0.481 e. The van der Waals surface area contributed by atoms with E-state index in [1.165, 1.54) is 36.3 Å². The fourth-order valence-electron chi connectivity index (χ4n) is 2.86. The Bertz CT molecular complexity index is 965. The van der Waals surface area contributed by atoms with Gasteiger partial charge in [-0.05, 0) is 51.5 Å². The van der Waals surface area contributed by atoms with E-state index in [1.54, 1.807) is 33.8 Å². The van der Waals surface area contributed by atoms with Gasteiger partial charge in [-0.15, -0.1) is 0 Å². The zero-order valence-electron chi connectivity index (χ0n) is 18.0. The van der Waals surface area contributed by atoms with E-state index in [0.29, 0.717) is 10.0 Å². The molecule has 0 aliphatic carbocycles. The molecule has 0 saturated carbocycles. The summed E-state index contributed by atoms with van der Waals surface area (Å²) in [4.78, 5) is 29.4. The van der Waals surface area contributed by atoms with Crippen LogP contribution in [-0.4, -0.2) is 39.7 Å². The molecule has 8 nitrogen and oxygen atoms in total.